The minimum Gasteiger partial charge on any atom is -0.497 e. The number of hydrogen-bond acceptors (Lipinski definition) is 5. The predicted octanol–water partition coefficient (Wildman–Crippen LogP) is -0.345. The van der Waals surface area contributed by atoms with Crippen LogP contribution in [-0.4, -0.2) is 62.5 Å². The van der Waals surface area contributed by atoms with E-state index in [9.17, 15) is 4.79 Å². The smallest absolute Gasteiger partial charge is 0.407 e. The molecule has 1 aromatic carbocycles. The quantitative estimate of drug-likeness (QED) is 0.630. The van der Waals surface area contributed by atoms with Gasteiger partial charge in [0, 0.05) is 12.6 Å². The number of carbonyl (C=O) groups excluding carboxylic acids is 1. The Labute approximate surface area is 154 Å². The number of rotatable bonds is 6. The van der Waals surface area contributed by atoms with Crippen molar-refractivity contribution in [1.29, 1.82) is 0 Å². The maximum atomic E-state index is 12.0. The summed E-state index contributed by atoms with van der Waals surface area (Å²) in [7, 11) is 1.66. The fourth-order valence-electron chi connectivity index (χ4n) is 3.40. The average molecular weight is 369 g/mol. The van der Waals surface area contributed by atoms with Gasteiger partial charge in [-0.1, -0.05) is 12.1 Å². The van der Waals surface area contributed by atoms with E-state index in [0.717, 1.165) is 44.6 Å². The van der Waals surface area contributed by atoms with E-state index in [2.05, 4.69) is 28.1 Å². The molecule has 0 aliphatic carbocycles. The minimum absolute atomic E-state index is 0. The van der Waals surface area contributed by atoms with Crippen LogP contribution in [0.3, 0.4) is 0 Å². The lowest BCUT2D eigenvalue weighted by molar-refractivity contribution is 0.0891. The lowest BCUT2D eigenvalue weighted by Crippen LogP contribution is -2.39. The van der Waals surface area contributed by atoms with Gasteiger partial charge in [-0.2, -0.15) is 0 Å². The van der Waals surface area contributed by atoms with Gasteiger partial charge in [0.15, 0.2) is 0 Å². The maximum Gasteiger partial charge on any atom is 0.407 e. The summed E-state index contributed by atoms with van der Waals surface area (Å²) in [5.41, 5.74) is 1.21. The van der Waals surface area contributed by atoms with Crippen molar-refractivity contribution in [2.24, 2.45) is 5.92 Å². The predicted molar refractivity (Wildman–Crippen MR) is 99.6 cm³/mol. The third-order valence-electron chi connectivity index (χ3n) is 4.85. The third kappa shape index (κ3) is 6.14. The summed E-state index contributed by atoms with van der Waals surface area (Å²) in [4.78, 5) is 12.0. The van der Waals surface area contributed by atoms with Gasteiger partial charge < -0.3 is 36.4 Å². The summed E-state index contributed by atoms with van der Waals surface area (Å²) in [5, 5.41) is 9.65. The third-order valence-corrected chi connectivity index (χ3v) is 4.85. The zero-order valence-electron chi connectivity index (χ0n) is 15.2. The van der Waals surface area contributed by atoms with Crippen molar-refractivity contribution in [2.45, 2.75) is 31.4 Å². The van der Waals surface area contributed by atoms with Gasteiger partial charge in [0.05, 0.1) is 7.11 Å². The molecule has 26 heavy (non-hydrogen) atoms. The Morgan fingerprint density at radius 1 is 1.19 bits per heavy atom. The number of nitrogens with one attached hydrogen (secondary N) is 3. The second-order valence-electron chi connectivity index (χ2n) is 6.58. The standard InChI is InChI=1S/C18H27N3O3.2H2O/c1-23-15-4-2-13(3-5-15)10-16-17(7-9-20-16)24-18(22)21-12-14-6-8-19-11-14;;/h2-5,14,16-17,19-20H,6-12H2,1H3,(H,21,22);2*1H2. The van der Waals surface area contributed by atoms with Crippen LogP contribution in [0, 0.1) is 5.92 Å². The van der Waals surface area contributed by atoms with E-state index in [0.29, 0.717) is 12.5 Å². The SMILES string of the molecule is COc1ccc(CC2NCCC2OC(=O)NCC2CCNC2)cc1.O.O. The van der Waals surface area contributed by atoms with E-state index in [-0.39, 0.29) is 29.2 Å². The van der Waals surface area contributed by atoms with Gasteiger partial charge in [-0.25, -0.2) is 4.79 Å². The van der Waals surface area contributed by atoms with Gasteiger partial charge in [0.25, 0.3) is 0 Å². The summed E-state index contributed by atoms with van der Waals surface area (Å²) in [6, 6.07) is 8.20. The van der Waals surface area contributed by atoms with E-state index in [1.54, 1.807) is 7.11 Å². The molecule has 2 fully saturated rings. The number of amides is 1. The molecule has 2 heterocycles. The van der Waals surface area contributed by atoms with Crippen LogP contribution in [0.2, 0.25) is 0 Å². The van der Waals surface area contributed by atoms with E-state index in [1.165, 1.54) is 5.56 Å². The highest BCUT2D eigenvalue weighted by molar-refractivity contribution is 5.67. The molecule has 7 N–H and O–H groups in total. The van der Waals surface area contributed by atoms with Crippen molar-refractivity contribution < 1.29 is 25.2 Å². The molecule has 148 valence electrons. The summed E-state index contributed by atoms with van der Waals surface area (Å²) in [6.07, 6.45) is 2.45. The van der Waals surface area contributed by atoms with Crippen molar-refractivity contribution in [1.82, 2.24) is 16.0 Å². The summed E-state index contributed by atoms with van der Waals surface area (Å²) >= 11 is 0. The first kappa shape index (κ1) is 22.2. The lowest BCUT2D eigenvalue weighted by Gasteiger charge is -2.21. The zero-order chi connectivity index (χ0) is 16.8. The number of carbonyl (C=O) groups is 1. The minimum atomic E-state index is -0.296. The number of hydrogen-bond donors (Lipinski definition) is 3. The van der Waals surface area contributed by atoms with Crippen LogP contribution in [0.5, 0.6) is 5.75 Å². The van der Waals surface area contributed by atoms with E-state index < -0.39 is 0 Å². The van der Waals surface area contributed by atoms with E-state index in [1.807, 2.05) is 12.1 Å². The summed E-state index contributed by atoms with van der Waals surface area (Å²) in [6.45, 7) is 3.59. The van der Waals surface area contributed by atoms with Crippen molar-refractivity contribution in [3.05, 3.63) is 29.8 Å². The lowest BCUT2D eigenvalue weighted by atomic mass is 10.0. The Morgan fingerprint density at radius 2 is 1.96 bits per heavy atom. The molecular formula is C18H31N3O5. The fraction of sp³-hybridized carbons (Fsp3) is 0.611. The first-order chi connectivity index (χ1) is 11.7. The molecule has 8 heteroatoms. The molecule has 3 atom stereocenters. The Bertz CT molecular complexity index is 534. The van der Waals surface area contributed by atoms with Crippen molar-refractivity contribution in [2.75, 3.05) is 33.3 Å². The van der Waals surface area contributed by atoms with Gasteiger partial charge in [0.2, 0.25) is 0 Å². The molecule has 2 aliphatic rings. The van der Waals surface area contributed by atoms with Gasteiger partial charge in [-0.05, 0) is 62.5 Å². The Morgan fingerprint density at radius 3 is 2.62 bits per heavy atom. The number of benzene rings is 1. The molecule has 0 bridgehead atoms. The van der Waals surface area contributed by atoms with Gasteiger partial charge in [-0.3, -0.25) is 0 Å². The Kier molecular flexibility index (Phi) is 9.36. The van der Waals surface area contributed by atoms with Crippen LogP contribution in [0.1, 0.15) is 18.4 Å². The van der Waals surface area contributed by atoms with Crippen LogP contribution < -0.4 is 20.7 Å². The van der Waals surface area contributed by atoms with Crippen molar-refractivity contribution >= 4 is 6.09 Å². The molecule has 8 nitrogen and oxygen atoms in total. The average Bonchev–Trinajstić information content (AvgIpc) is 3.26. The molecule has 2 aliphatic heterocycles. The highest BCUT2D eigenvalue weighted by atomic mass is 16.6. The molecular weight excluding hydrogens is 338 g/mol. The largest absolute Gasteiger partial charge is 0.497 e. The molecule has 0 saturated carbocycles. The molecule has 0 aromatic heterocycles. The number of methoxy groups -OCH3 is 1. The zero-order valence-corrected chi connectivity index (χ0v) is 15.2. The Hall–Kier alpha value is -1.87. The number of alkyl carbamates (subject to hydrolysis) is 1. The van der Waals surface area contributed by atoms with Crippen LogP contribution in [-0.2, 0) is 11.2 Å². The highest BCUT2D eigenvalue weighted by Crippen LogP contribution is 2.19. The van der Waals surface area contributed by atoms with Crippen molar-refractivity contribution in [3.63, 3.8) is 0 Å². The summed E-state index contributed by atoms with van der Waals surface area (Å²) < 4.78 is 10.8. The molecule has 0 spiro atoms. The second-order valence-corrected chi connectivity index (χ2v) is 6.58. The fourth-order valence-corrected chi connectivity index (χ4v) is 3.40. The van der Waals surface area contributed by atoms with E-state index >= 15 is 0 Å². The second kappa shape index (κ2) is 11.0. The first-order valence-electron chi connectivity index (χ1n) is 8.76. The van der Waals surface area contributed by atoms with Gasteiger partial charge in [-0.15, -0.1) is 0 Å². The Balaban J connectivity index is 0.00000169. The normalized spacial score (nSPS) is 24.3. The van der Waals surface area contributed by atoms with Gasteiger partial charge in [0.1, 0.15) is 11.9 Å². The molecule has 3 rings (SSSR count). The molecule has 2 saturated heterocycles. The molecule has 1 amide bonds. The number of ether oxygens (including phenoxy) is 2. The van der Waals surface area contributed by atoms with E-state index in [4.69, 9.17) is 9.47 Å². The van der Waals surface area contributed by atoms with Crippen LogP contribution in [0.25, 0.3) is 0 Å². The molecule has 0 radical (unpaired) electrons. The van der Waals surface area contributed by atoms with Crippen molar-refractivity contribution in [3.8, 4) is 5.75 Å². The van der Waals surface area contributed by atoms with Crippen LogP contribution in [0.15, 0.2) is 24.3 Å². The summed E-state index contributed by atoms with van der Waals surface area (Å²) in [5.74, 6) is 1.38. The van der Waals surface area contributed by atoms with Gasteiger partial charge >= 0.3 is 6.09 Å². The maximum absolute atomic E-state index is 12.0. The highest BCUT2D eigenvalue weighted by Gasteiger charge is 2.30. The first-order valence-corrected chi connectivity index (χ1v) is 8.76. The topological polar surface area (TPSA) is 135 Å². The monoisotopic (exact) mass is 369 g/mol. The molecule has 3 unspecified atom stereocenters. The van der Waals surface area contributed by atoms with Crippen LogP contribution >= 0.6 is 0 Å². The van der Waals surface area contributed by atoms with Crippen LogP contribution in [0.4, 0.5) is 4.79 Å². The molecule has 1 aromatic rings.